The van der Waals surface area contributed by atoms with Crippen molar-refractivity contribution in [2.24, 2.45) is 0 Å². The lowest BCUT2D eigenvalue weighted by molar-refractivity contribution is 0.770. The topological polar surface area (TPSA) is 52.6 Å². The van der Waals surface area contributed by atoms with Gasteiger partial charge in [-0.05, 0) is 13.8 Å². The minimum absolute atomic E-state index is 0.481. The van der Waals surface area contributed by atoms with Gasteiger partial charge in [-0.3, -0.25) is 0 Å². The molecule has 4 nitrogen and oxygen atoms in total. The molecule has 0 atom stereocenters. The highest BCUT2D eigenvalue weighted by molar-refractivity contribution is 7.95. The number of nitrogens with zero attached hydrogens (tertiary/aromatic N) is 2. The fourth-order valence-corrected chi connectivity index (χ4v) is 1.10. The summed E-state index contributed by atoms with van der Waals surface area (Å²) < 4.78 is 1.20. The Kier molecular flexibility index (Phi) is 1.56. The predicted octanol–water partition coefficient (Wildman–Crippen LogP) is 1.41. The normalized spacial score (nSPS) is 20.0. The standard InChI is InChI=1S/C4H6N2O2S/c1-3-4(2)6(8)9-5(3)7/h1-2H3/q-2. The largest absolute Gasteiger partial charge is 0.747 e. The van der Waals surface area contributed by atoms with E-state index >= 15 is 0 Å². The van der Waals surface area contributed by atoms with E-state index in [1.54, 1.807) is 13.8 Å². The molecule has 1 aliphatic rings. The van der Waals surface area contributed by atoms with Gasteiger partial charge in [0.05, 0.1) is 0 Å². The summed E-state index contributed by atoms with van der Waals surface area (Å²) in [5, 5.41) is 21.2. The summed E-state index contributed by atoms with van der Waals surface area (Å²) >= 11 is 0.618. The SMILES string of the molecule is CC1=C(C)N([O-])SN1[O-]. The number of allylic oxidation sites excluding steroid dienone is 2. The first-order chi connectivity index (χ1) is 4.13. The van der Waals surface area contributed by atoms with Crippen LogP contribution in [-0.4, -0.2) is 8.94 Å². The smallest absolute Gasteiger partial charge is 0.0478 e. The summed E-state index contributed by atoms with van der Waals surface area (Å²) in [7, 11) is 0. The van der Waals surface area contributed by atoms with Gasteiger partial charge in [0, 0.05) is 23.5 Å². The fraction of sp³-hybridized carbons (Fsp3) is 0.500. The van der Waals surface area contributed by atoms with Gasteiger partial charge in [-0.15, -0.1) is 0 Å². The monoisotopic (exact) mass is 146 g/mol. The third-order valence-corrected chi connectivity index (χ3v) is 2.06. The fourth-order valence-electron chi connectivity index (χ4n) is 0.454. The Balaban J connectivity index is 2.79. The number of hydrogen-bond acceptors (Lipinski definition) is 5. The van der Waals surface area contributed by atoms with Crippen molar-refractivity contribution in [2.75, 3.05) is 0 Å². The summed E-state index contributed by atoms with van der Waals surface area (Å²) in [6, 6.07) is 0. The van der Waals surface area contributed by atoms with Crippen LogP contribution < -0.4 is 0 Å². The van der Waals surface area contributed by atoms with E-state index in [2.05, 4.69) is 0 Å². The van der Waals surface area contributed by atoms with Crippen molar-refractivity contribution in [3.63, 3.8) is 0 Å². The molecule has 1 aliphatic heterocycles. The molecule has 0 N–H and O–H groups in total. The molecule has 9 heavy (non-hydrogen) atoms. The van der Waals surface area contributed by atoms with Gasteiger partial charge in [0.15, 0.2) is 0 Å². The van der Waals surface area contributed by atoms with Crippen LogP contribution in [0.4, 0.5) is 0 Å². The lowest BCUT2D eigenvalue weighted by atomic mass is 10.4. The van der Waals surface area contributed by atoms with E-state index < -0.39 is 0 Å². The molecule has 0 unspecified atom stereocenters. The first-order valence-electron chi connectivity index (χ1n) is 2.43. The zero-order chi connectivity index (χ0) is 7.02. The minimum Gasteiger partial charge on any atom is -0.747 e. The van der Waals surface area contributed by atoms with E-state index in [9.17, 15) is 10.4 Å². The van der Waals surface area contributed by atoms with Gasteiger partial charge >= 0.3 is 0 Å². The maximum absolute atomic E-state index is 10.6. The van der Waals surface area contributed by atoms with Crippen LogP contribution in [0.3, 0.4) is 0 Å². The molecule has 0 spiro atoms. The Bertz CT molecular complexity index is 143. The lowest BCUT2D eigenvalue weighted by Gasteiger charge is -2.28. The summed E-state index contributed by atoms with van der Waals surface area (Å²) in [6.45, 7) is 3.24. The molecule has 5 heteroatoms. The van der Waals surface area contributed by atoms with Crippen molar-refractivity contribution in [1.82, 2.24) is 8.94 Å². The lowest BCUT2D eigenvalue weighted by Crippen LogP contribution is -1.99. The molecule has 0 aromatic rings. The third kappa shape index (κ3) is 0.983. The van der Waals surface area contributed by atoms with E-state index in [0.29, 0.717) is 32.5 Å². The van der Waals surface area contributed by atoms with Crippen molar-refractivity contribution in [2.45, 2.75) is 13.8 Å². The van der Waals surface area contributed by atoms with Crippen molar-refractivity contribution in [1.29, 1.82) is 0 Å². The molecule has 0 fully saturated rings. The number of rotatable bonds is 0. The van der Waals surface area contributed by atoms with Crippen LogP contribution in [0.5, 0.6) is 0 Å². The Morgan fingerprint density at radius 2 is 1.44 bits per heavy atom. The van der Waals surface area contributed by atoms with Gasteiger partial charge in [0.25, 0.3) is 0 Å². The summed E-state index contributed by atoms with van der Waals surface area (Å²) in [5.41, 5.74) is 0.963. The molecule has 1 heterocycles. The number of hydrogen-bond donors (Lipinski definition) is 0. The van der Waals surface area contributed by atoms with Crippen LogP contribution >= 0.6 is 12.1 Å². The van der Waals surface area contributed by atoms with Crippen LogP contribution in [0.1, 0.15) is 13.8 Å². The highest BCUT2D eigenvalue weighted by Crippen LogP contribution is 2.32. The van der Waals surface area contributed by atoms with Gasteiger partial charge in [-0.25, -0.2) is 0 Å². The summed E-state index contributed by atoms with van der Waals surface area (Å²) in [5.74, 6) is 0. The molecule has 0 aromatic heterocycles. The first-order valence-corrected chi connectivity index (χ1v) is 3.16. The quantitative estimate of drug-likeness (QED) is 0.483. The second kappa shape index (κ2) is 2.09. The van der Waals surface area contributed by atoms with Crippen LogP contribution in [-0.2, 0) is 0 Å². The minimum atomic E-state index is 0.481. The van der Waals surface area contributed by atoms with E-state index in [0.717, 1.165) is 0 Å². The molecule has 1 rings (SSSR count). The zero-order valence-electron chi connectivity index (χ0n) is 5.12. The van der Waals surface area contributed by atoms with Crippen molar-refractivity contribution >= 4 is 12.1 Å². The number of hydroxylamine groups is 2. The maximum Gasteiger partial charge on any atom is 0.0478 e. The second-order valence-electron chi connectivity index (χ2n) is 1.77. The average molecular weight is 146 g/mol. The Morgan fingerprint density at radius 3 is 1.56 bits per heavy atom. The molecule has 0 saturated carbocycles. The van der Waals surface area contributed by atoms with Crippen LogP contribution in [0.2, 0.25) is 0 Å². The van der Waals surface area contributed by atoms with E-state index in [1.165, 1.54) is 0 Å². The predicted molar refractivity (Wildman–Crippen MR) is 36.4 cm³/mol. The zero-order valence-corrected chi connectivity index (χ0v) is 5.94. The van der Waals surface area contributed by atoms with Gasteiger partial charge in [-0.2, -0.15) is 0 Å². The molecular formula is C4H6N2O2S-2. The van der Waals surface area contributed by atoms with Crippen molar-refractivity contribution in [3.05, 3.63) is 21.8 Å². The van der Waals surface area contributed by atoms with Crippen LogP contribution in [0, 0.1) is 10.4 Å². The Hall–Kier alpha value is -0.390. The highest BCUT2D eigenvalue weighted by Gasteiger charge is 2.10. The van der Waals surface area contributed by atoms with Crippen LogP contribution in [0.25, 0.3) is 0 Å². The van der Waals surface area contributed by atoms with E-state index in [4.69, 9.17) is 0 Å². The van der Waals surface area contributed by atoms with Crippen LogP contribution in [0.15, 0.2) is 11.4 Å². The molecular weight excluding hydrogens is 140 g/mol. The second-order valence-corrected chi connectivity index (χ2v) is 2.59. The van der Waals surface area contributed by atoms with Gasteiger partial charge in [0.2, 0.25) is 0 Å². The van der Waals surface area contributed by atoms with E-state index in [1.807, 2.05) is 0 Å². The average Bonchev–Trinajstić information content (AvgIpc) is 1.98. The summed E-state index contributed by atoms with van der Waals surface area (Å²) in [4.78, 5) is 0. The van der Waals surface area contributed by atoms with Gasteiger partial charge in [0.1, 0.15) is 0 Å². The molecule has 0 aliphatic carbocycles. The molecule has 0 amide bonds. The third-order valence-electron chi connectivity index (χ3n) is 1.22. The highest BCUT2D eigenvalue weighted by atomic mass is 32.2. The van der Waals surface area contributed by atoms with E-state index in [-0.39, 0.29) is 0 Å². The maximum atomic E-state index is 10.6. The molecule has 0 radical (unpaired) electrons. The van der Waals surface area contributed by atoms with Gasteiger partial charge in [-0.1, -0.05) is 0 Å². The summed E-state index contributed by atoms with van der Waals surface area (Å²) in [6.07, 6.45) is 0. The van der Waals surface area contributed by atoms with Crippen molar-refractivity contribution < 1.29 is 0 Å². The molecule has 0 aromatic carbocycles. The Morgan fingerprint density at radius 1 is 1.11 bits per heavy atom. The molecule has 52 valence electrons. The molecule has 0 bridgehead atoms. The van der Waals surface area contributed by atoms with Gasteiger partial charge < -0.3 is 19.4 Å². The first kappa shape index (κ1) is 6.73. The van der Waals surface area contributed by atoms with Crippen molar-refractivity contribution in [3.8, 4) is 0 Å². The molecule has 0 saturated heterocycles. The Labute approximate surface area is 57.5 Å².